The second-order valence-corrected chi connectivity index (χ2v) is 8.49. The smallest absolute Gasteiger partial charge is 0.359 e. The Morgan fingerprint density at radius 3 is 2.34 bits per heavy atom. The fourth-order valence-electron chi connectivity index (χ4n) is 3.34. The Labute approximate surface area is 199 Å². The number of hydrogen-bond donors (Lipinski definition) is 1. The maximum atomic E-state index is 13.1. The maximum absolute atomic E-state index is 13.1. The Bertz CT molecular complexity index is 1330. The second kappa shape index (κ2) is 8.82. The lowest BCUT2D eigenvalue weighted by molar-refractivity contribution is -0.590. The monoisotopic (exact) mass is 486 g/mol. The van der Waals surface area contributed by atoms with E-state index in [1.54, 1.807) is 61.0 Å². The molecule has 0 atom stereocenters. The topological polar surface area (TPSA) is 73.9 Å². The molecule has 2 aromatic heterocycles. The van der Waals surface area contributed by atoms with Crippen LogP contribution in [0.4, 0.5) is 5.82 Å². The van der Waals surface area contributed by atoms with Crippen LogP contribution in [0.25, 0.3) is 16.9 Å². The van der Waals surface area contributed by atoms with Crippen molar-refractivity contribution in [3.05, 3.63) is 97.9 Å². The average molecular weight is 488 g/mol. The molecule has 2 aromatic carbocycles. The Kier molecular flexibility index (Phi) is 6.11. The number of amides is 1. The molecule has 1 amide bonds. The molecule has 1 N–H and O–H groups in total. The number of nitrogens with one attached hydrogen (secondary N) is 1. The van der Waals surface area contributed by atoms with Crippen LogP contribution in [0, 0.1) is 19.1 Å². The molecule has 0 fully saturated rings. The molecule has 0 saturated carbocycles. The minimum atomic E-state index is -0.519. The van der Waals surface area contributed by atoms with Crippen molar-refractivity contribution in [1.29, 1.82) is 0 Å². The number of carbonyl (C=O) groups excluding carboxylic acids is 1. The summed E-state index contributed by atoms with van der Waals surface area (Å²) in [4.78, 5) is 13.1. The first-order valence-corrected chi connectivity index (χ1v) is 10.7. The van der Waals surface area contributed by atoms with E-state index in [2.05, 4.69) is 10.4 Å². The van der Waals surface area contributed by atoms with Gasteiger partial charge in [-0.1, -0.05) is 46.9 Å². The van der Waals surface area contributed by atoms with E-state index < -0.39 is 5.91 Å². The number of aryl methyl sites for hydroxylation is 1. The zero-order chi connectivity index (χ0) is 23.0. The predicted octanol–water partition coefficient (Wildman–Crippen LogP) is 6.00. The first-order valence-electron chi connectivity index (χ1n) is 9.57. The Morgan fingerprint density at radius 2 is 1.69 bits per heavy atom. The normalized spacial score (nSPS) is 10.9. The summed E-state index contributed by atoms with van der Waals surface area (Å²) >= 11 is 18.6. The minimum absolute atomic E-state index is 0.104. The fraction of sp³-hybridized carbons (Fsp3) is 0.0870. The lowest BCUT2D eigenvalue weighted by Gasteiger charge is -2.11. The van der Waals surface area contributed by atoms with Crippen LogP contribution >= 0.6 is 34.8 Å². The molecule has 9 heteroatoms. The van der Waals surface area contributed by atoms with Gasteiger partial charge in [-0.15, -0.1) is 0 Å². The highest BCUT2D eigenvalue weighted by Crippen LogP contribution is 2.33. The number of rotatable bonds is 4. The van der Waals surface area contributed by atoms with Crippen molar-refractivity contribution in [2.75, 3.05) is 5.32 Å². The third-order valence-electron chi connectivity index (χ3n) is 4.90. The van der Waals surface area contributed by atoms with Crippen LogP contribution in [-0.2, 0) is 0 Å². The Hall–Kier alpha value is -3.06. The summed E-state index contributed by atoms with van der Waals surface area (Å²) in [5.41, 5.74) is 3.55. The quantitative estimate of drug-likeness (QED) is 0.283. The third-order valence-corrected chi connectivity index (χ3v) is 5.69. The van der Waals surface area contributed by atoms with Crippen LogP contribution < -0.4 is 10.0 Å². The molecule has 4 rings (SSSR count). The van der Waals surface area contributed by atoms with Gasteiger partial charge in [0.05, 0.1) is 22.6 Å². The van der Waals surface area contributed by atoms with Crippen molar-refractivity contribution >= 4 is 46.5 Å². The number of carbonyl (C=O) groups is 1. The molecule has 0 aliphatic heterocycles. The highest BCUT2D eigenvalue weighted by Gasteiger charge is 2.26. The standard InChI is InChI=1S/C23H17Cl3N4O2/c1-13-3-10-20(29(32)12-13)27-23(31)21-14(2)22(15-4-6-16(24)7-5-15)30(28-21)19-9-8-17(25)11-18(19)26/h3-12H,1-2H3,(H,27,31). The largest absolute Gasteiger partial charge is 0.711 e. The molecule has 0 aliphatic rings. The third kappa shape index (κ3) is 4.30. The molecule has 32 heavy (non-hydrogen) atoms. The van der Waals surface area contributed by atoms with Crippen molar-refractivity contribution in [3.63, 3.8) is 0 Å². The van der Waals surface area contributed by atoms with Gasteiger partial charge in [-0.2, -0.15) is 5.10 Å². The second-order valence-electron chi connectivity index (χ2n) is 7.21. The molecule has 0 spiro atoms. The van der Waals surface area contributed by atoms with Crippen molar-refractivity contribution in [1.82, 2.24) is 9.78 Å². The predicted molar refractivity (Wildman–Crippen MR) is 127 cm³/mol. The molecule has 0 aliphatic carbocycles. The molecule has 0 radical (unpaired) electrons. The summed E-state index contributed by atoms with van der Waals surface area (Å²) in [5.74, 6) is -0.415. The van der Waals surface area contributed by atoms with E-state index in [-0.39, 0.29) is 11.5 Å². The van der Waals surface area contributed by atoms with E-state index in [9.17, 15) is 10.0 Å². The van der Waals surface area contributed by atoms with Crippen LogP contribution in [0.3, 0.4) is 0 Å². The number of hydrogen-bond acceptors (Lipinski definition) is 3. The summed E-state index contributed by atoms with van der Waals surface area (Å²) in [6.45, 7) is 3.58. The first-order chi connectivity index (χ1) is 15.2. The fourth-order valence-corrected chi connectivity index (χ4v) is 3.95. The van der Waals surface area contributed by atoms with E-state index in [1.807, 2.05) is 12.1 Å². The van der Waals surface area contributed by atoms with Crippen LogP contribution in [0.1, 0.15) is 21.6 Å². The van der Waals surface area contributed by atoms with E-state index in [0.717, 1.165) is 11.1 Å². The number of aromatic nitrogens is 3. The number of nitrogens with zero attached hydrogens (tertiary/aromatic N) is 3. The van der Waals surface area contributed by atoms with Crippen molar-refractivity contribution in [3.8, 4) is 16.9 Å². The van der Waals surface area contributed by atoms with Gasteiger partial charge in [0.25, 0.3) is 5.82 Å². The summed E-state index contributed by atoms with van der Waals surface area (Å²) in [6, 6.07) is 15.5. The molecule has 2 heterocycles. The summed E-state index contributed by atoms with van der Waals surface area (Å²) in [6.07, 6.45) is 1.38. The minimum Gasteiger partial charge on any atom is -0.711 e. The van der Waals surface area contributed by atoms with Crippen LogP contribution in [0.2, 0.25) is 15.1 Å². The molecule has 4 aromatic rings. The average Bonchev–Trinajstić information content (AvgIpc) is 3.07. The van der Waals surface area contributed by atoms with E-state index in [0.29, 0.717) is 36.7 Å². The number of anilines is 1. The van der Waals surface area contributed by atoms with Crippen molar-refractivity contribution in [2.24, 2.45) is 0 Å². The van der Waals surface area contributed by atoms with Gasteiger partial charge >= 0.3 is 5.91 Å². The van der Waals surface area contributed by atoms with E-state index >= 15 is 0 Å². The van der Waals surface area contributed by atoms with Gasteiger partial charge in [-0.3, -0.25) is 0 Å². The summed E-state index contributed by atoms with van der Waals surface area (Å²) in [7, 11) is 0. The molecule has 0 bridgehead atoms. The van der Waals surface area contributed by atoms with Crippen molar-refractivity contribution < 1.29 is 9.52 Å². The Morgan fingerprint density at radius 1 is 1.00 bits per heavy atom. The maximum Gasteiger partial charge on any atom is 0.359 e. The van der Waals surface area contributed by atoms with Gasteiger partial charge in [0.1, 0.15) is 0 Å². The van der Waals surface area contributed by atoms with Crippen LogP contribution in [-0.4, -0.2) is 15.7 Å². The molecule has 6 nitrogen and oxygen atoms in total. The first kappa shape index (κ1) is 22.1. The number of halogens is 3. The van der Waals surface area contributed by atoms with E-state index in [4.69, 9.17) is 34.8 Å². The zero-order valence-electron chi connectivity index (χ0n) is 17.1. The van der Waals surface area contributed by atoms with Gasteiger partial charge in [0, 0.05) is 27.2 Å². The molecule has 162 valence electrons. The number of benzene rings is 2. The molecule has 0 saturated heterocycles. The van der Waals surface area contributed by atoms with E-state index in [1.165, 1.54) is 6.20 Å². The lowest BCUT2D eigenvalue weighted by atomic mass is 10.1. The van der Waals surface area contributed by atoms with Gasteiger partial charge in [0.15, 0.2) is 5.69 Å². The highest BCUT2D eigenvalue weighted by molar-refractivity contribution is 6.35. The van der Waals surface area contributed by atoms with Crippen LogP contribution in [0.5, 0.6) is 0 Å². The van der Waals surface area contributed by atoms with Gasteiger partial charge < -0.3 is 5.21 Å². The number of pyridine rings is 1. The van der Waals surface area contributed by atoms with Crippen molar-refractivity contribution in [2.45, 2.75) is 13.8 Å². The summed E-state index contributed by atoms with van der Waals surface area (Å²) in [5, 5.41) is 20.8. The van der Waals surface area contributed by atoms with Gasteiger partial charge in [0.2, 0.25) is 0 Å². The van der Waals surface area contributed by atoms with Crippen LogP contribution in [0.15, 0.2) is 60.8 Å². The lowest BCUT2D eigenvalue weighted by Crippen LogP contribution is -2.33. The SMILES string of the molecule is Cc1ccc(NC(=O)c2nn(-c3ccc(Cl)cc3Cl)c(-c3ccc(Cl)cc3)c2C)[n+]([O-])c1. The van der Waals surface area contributed by atoms with Gasteiger partial charge in [-0.05, 0) is 55.8 Å². The highest BCUT2D eigenvalue weighted by atomic mass is 35.5. The Balaban J connectivity index is 1.85. The zero-order valence-corrected chi connectivity index (χ0v) is 19.3. The summed E-state index contributed by atoms with van der Waals surface area (Å²) < 4.78 is 2.20. The molecular weight excluding hydrogens is 471 g/mol. The van der Waals surface area contributed by atoms with Gasteiger partial charge in [-0.25, -0.2) is 19.5 Å². The molecule has 0 unspecified atom stereocenters. The molecular formula is C23H17Cl3N4O2.